The number of hydrogen-bond donors (Lipinski definition) is 1. The molecule has 0 aromatic heterocycles. The highest BCUT2D eigenvalue weighted by Crippen LogP contribution is 2.25. The van der Waals surface area contributed by atoms with Crippen LogP contribution in [0, 0.1) is 5.92 Å². The molecule has 3 saturated heterocycles. The third-order valence-electron chi connectivity index (χ3n) is 5.65. The zero-order valence-corrected chi connectivity index (χ0v) is 15.5. The summed E-state index contributed by atoms with van der Waals surface area (Å²) in [4.78, 5) is 43.0. The Morgan fingerprint density at radius 1 is 1.00 bits per heavy atom. The zero-order chi connectivity index (χ0) is 19.0. The second kappa shape index (κ2) is 7.19. The highest BCUT2D eigenvalue weighted by molar-refractivity contribution is 6.35. The molecule has 4 rings (SSSR count). The van der Waals surface area contributed by atoms with E-state index in [-0.39, 0.29) is 12.5 Å². The van der Waals surface area contributed by atoms with E-state index < -0.39 is 18.1 Å². The van der Waals surface area contributed by atoms with Crippen molar-refractivity contribution in [1.29, 1.82) is 0 Å². The molecule has 3 aliphatic heterocycles. The molecule has 3 heterocycles. The van der Waals surface area contributed by atoms with Gasteiger partial charge in [0.2, 0.25) is 5.91 Å². The fourth-order valence-electron chi connectivity index (χ4n) is 3.92. The molecule has 1 unspecified atom stereocenters. The Hall–Kier alpha value is -2.61. The fraction of sp³-hybridized carbons (Fsp3) is 0.526. The number of amides is 3. The van der Waals surface area contributed by atoms with Crippen LogP contribution in [0.15, 0.2) is 30.3 Å². The van der Waals surface area contributed by atoms with Crippen LogP contribution in [0.1, 0.15) is 19.8 Å². The summed E-state index contributed by atoms with van der Waals surface area (Å²) < 4.78 is 0. The molecular formula is C19H25N5O3. The Morgan fingerprint density at radius 3 is 2.37 bits per heavy atom. The number of carbonyl (C=O) groups is 3. The van der Waals surface area contributed by atoms with Gasteiger partial charge in [-0.15, -0.1) is 0 Å². The summed E-state index contributed by atoms with van der Waals surface area (Å²) in [5, 5.41) is 1.19. The van der Waals surface area contributed by atoms with Crippen molar-refractivity contribution in [2.45, 2.75) is 26.1 Å². The van der Waals surface area contributed by atoms with E-state index in [1.807, 2.05) is 35.2 Å². The van der Waals surface area contributed by atoms with E-state index in [0.717, 1.165) is 18.5 Å². The van der Waals surface area contributed by atoms with Gasteiger partial charge in [0.1, 0.15) is 6.54 Å². The number of likely N-dealkylation sites (tertiary alicyclic amines) is 1. The molecule has 0 bridgehead atoms. The third kappa shape index (κ3) is 3.37. The van der Waals surface area contributed by atoms with Crippen molar-refractivity contribution in [2.24, 2.45) is 5.92 Å². The van der Waals surface area contributed by atoms with Crippen LogP contribution < -0.4 is 10.3 Å². The zero-order valence-electron chi connectivity index (χ0n) is 15.5. The Balaban J connectivity index is 1.47. The molecule has 1 N–H and O–H groups in total. The summed E-state index contributed by atoms with van der Waals surface area (Å²) in [5.74, 6) is -0.720. The van der Waals surface area contributed by atoms with Gasteiger partial charge < -0.3 is 9.80 Å². The molecule has 1 aromatic rings. The minimum atomic E-state index is -0.667. The summed E-state index contributed by atoms with van der Waals surface area (Å²) in [7, 11) is 0. The number of para-hydroxylation sites is 1. The van der Waals surface area contributed by atoms with E-state index in [1.54, 1.807) is 4.90 Å². The number of nitrogens with zero attached hydrogens (tertiary/aromatic N) is 4. The lowest BCUT2D eigenvalue weighted by atomic mass is 9.99. The first-order valence-corrected chi connectivity index (χ1v) is 9.52. The summed E-state index contributed by atoms with van der Waals surface area (Å²) in [6.07, 6.45) is 1.50. The molecule has 1 atom stereocenters. The van der Waals surface area contributed by atoms with Gasteiger partial charge in [-0.05, 0) is 30.9 Å². The molecular weight excluding hydrogens is 346 g/mol. The van der Waals surface area contributed by atoms with Crippen LogP contribution in [-0.2, 0) is 14.4 Å². The molecule has 0 aliphatic carbocycles. The lowest BCUT2D eigenvalue weighted by Gasteiger charge is -2.41. The Kier molecular flexibility index (Phi) is 4.73. The van der Waals surface area contributed by atoms with Crippen molar-refractivity contribution in [3.63, 3.8) is 0 Å². The second-order valence-electron chi connectivity index (χ2n) is 7.48. The highest BCUT2D eigenvalue weighted by atomic mass is 16.2. The normalized spacial score (nSPS) is 23.8. The predicted octanol–water partition coefficient (Wildman–Crippen LogP) is 0.224. The average molecular weight is 371 g/mol. The Morgan fingerprint density at radius 2 is 1.67 bits per heavy atom. The molecule has 144 valence electrons. The third-order valence-corrected chi connectivity index (χ3v) is 5.65. The van der Waals surface area contributed by atoms with E-state index in [1.165, 1.54) is 9.91 Å². The summed E-state index contributed by atoms with van der Waals surface area (Å²) in [6.45, 7) is 4.59. The van der Waals surface area contributed by atoms with Gasteiger partial charge in [0, 0.05) is 31.9 Å². The lowest BCUT2D eigenvalue weighted by molar-refractivity contribution is -0.164. The Labute approximate surface area is 158 Å². The van der Waals surface area contributed by atoms with Gasteiger partial charge in [0.05, 0.1) is 0 Å². The van der Waals surface area contributed by atoms with E-state index in [2.05, 4.69) is 12.3 Å². The van der Waals surface area contributed by atoms with E-state index in [0.29, 0.717) is 32.1 Å². The maximum absolute atomic E-state index is 12.6. The highest BCUT2D eigenvalue weighted by Gasteiger charge is 2.45. The number of fused-ring (bicyclic) bond motifs is 1. The molecule has 27 heavy (non-hydrogen) atoms. The average Bonchev–Trinajstić information content (AvgIpc) is 3.11. The largest absolute Gasteiger partial charge is 0.341 e. The van der Waals surface area contributed by atoms with Crippen LogP contribution >= 0.6 is 0 Å². The number of nitrogens with one attached hydrogen (secondary N) is 1. The molecule has 3 fully saturated rings. The van der Waals surface area contributed by atoms with Gasteiger partial charge in [0.15, 0.2) is 6.29 Å². The monoisotopic (exact) mass is 371 g/mol. The molecule has 8 heteroatoms. The molecule has 0 spiro atoms. The van der Waals surface area contributed by atoms with Crippen LogP contribution in [0.25, 0.3) is 0 Å². The predicted molar refractivity (Wildman–Crippen MR) is 99.1 cm³/mol. The number of hydrogen-bond acceptors (Lipinski definition) is 5. The number of carbonyl (C=O) groups excluding carboxylic acids is 3. The van der Waals surface area contributed by atoms with Crippen LogP contribution in [0.4, 0.5) is 5.69 Å². The first-order valence-electron chi connectivity index (χ1n) is 9.52. The summed E-state index contributed by atoms with van der Waals surface area (Å²) in [6, 6.07) is 9.75. The van der Waals surface area contributed by atoms with Crippen LogP contribution in [0.5, 0.6) is 0 Å². The van der Waals surface area contributed by atoms with Crippen LogP contribution in [0.2, 0.25) is 0 Å². The van der Waals surface area contributed by atoms with Gasteiger partial charge in [-0.25, -0.2) is 0 Å². The topological polar surface area (TPSA) is 76.2 Å². The summed E-state index contributed by atoms with van der Waals surface area (Å²) >= 11 is 0. The van der Waals surface area contributed by atoms with E-state index in [4.69, 9.17) is 0 Å². The first kappa shape index (κ1) is 17.8. The van der Waals surface area contributed by atoms with Gasteiger partial charge in [-0.1, -0.05) is 25.1 Å². The van der Waals surface area contributed by atoms with Crippen LogP contribution in [0.3, 0.4) is 0 Å². The van der Waals surface area contributed by atoms with E-state index in [9.17, 15) is 14.4 Å². The number of anilines is 1. The van der Waals surface area contributed by atoms with Crippen molar-refractivity contribution in [3.05, 3.63) is 30.3 Å². The summed E-state index contributed by atoms with van der Waals surface area (Å²) in [5.41, 5.74) is 4.06. The molecule has 3 amide bonds. The number of rotatable bonds is 3. The van der Waals surface area contributed by atoms with Gasteiger partial charge >= 0.3 is 11.8 Å². The maximum atomic E-state index is 12.6. The smallest absolute Gasteiger partial charge is 0.326 e. The SMILES string of the molecule is CC1CCN(C(=O)CN2NC3N(CCN3c3ccccc3)C(=O)C2=O)CC1. The van der Waals surface area contributed by atoms with Crippen molar-refractivity contribution in [2.75, 3.05) is 37.6 Å². The van der Waals surface area contributed by atoms with Crippen molar-refractivity contribution >= 4 is 23.4 Å². The minimum Gasteiger partial charge on any atom is -0.341 e. The van der Waals surface area contributed by atoms with Crippen molar-refractivity contribution in [1.82, 2.24) is 20.2 Å². The minimum absolute atomic E-state index is 0.117. The molecule has 1 aromatic carbocycles. The number of piperidine rings is 1. The number of hydrazine groups is 1. The van der Waals surface area contributed by atoms with E-state index >= 15 is 0 Å². The fourth-order valence-corrected chi connectivity index (χ4v) is 3.92. The quantitative estimate of drug-likeness (QED) is 0.770. The molecule has 8 nitrogen and oxygen atoms in total. The van der Waals surface area contributed by atoms with Gasteiger partial charge in [-0.3, -0.25) is 24.3 Å². The van der Waals surface area contributed by atoms with Crippen molar-refractivity contribution < 1.29 is 14.4 Å². The number of benzene rings is 1. The molecule has 3 aliphatic rings. The first-order chi connectivity index (χ1) is 13.0. The van der Waals surface area contributed by atoms with Gasteiger partial charge in [0.25, 0.3) is 0 Å². The van der Waals surface area contributed by atoms with Crippen molar-refractivity contribution in [3.8, 4) is 0 Å². The molecule has 0 radical (unpaired) electrons. The Bertz CT molecular complexity index is 732. The van der Waals surface area contributed by atoms with Gasteiger partial charge in [-0.2, -0.15) is 5.43 Å². The van der Waals surface area contributed by atoms with Crippen LogP contribution in [-0.4, -0.2) is 71.5 Å². The lowest BCUT2D eigenvalue weighted by Crippen LogP contribution is -2.68. The molecule has 0 saturated carbocycles. The standard InChI is InChI=1S/C19H25N5O3/c1-14-7-9-21(10-8-14)16(25)13-24-18(27)17(26)23-12-11-22(19(23)20-24)15-5-3-2-4-6-15/h2-6,14,19-20H,7-13H2,1H3. The second-order valence-corrected chi connectivity index (χ2v) is 7.48. The maximum Gasteiger partial charge on any atom is 0.326 e.